The average molecular weight is 1130 g/mol. The summed E-state index contributed by atoms with van der Waals surface area (Å²) >= 11 is 2.86. The van der Waals surface area contributed by atoms with Crippen LogP contribution >= 0.6 is 31.3 Å². The van der Waals surface area contributed by atoms with Crippen molar-refractivity contribution in [1.82, 2.24) is 0 Å². The number of esters is 2. The molecule has 2 atom stereocenters. The topological polar surface area (TPSA) is 164 Å². The number of ketones is 2. The van der Waals surface area contributed by atoms with E-state index >= 15 is 0 Å². The number of hydrogen-bond donors (Lipinski definition) is 0. The second-order valence-electron chi connectivity index (χ2n) is 21.0. The van der Waals surface area contributed by atoms with Gasteiger partial charge >= 0.3 is 11.9 Å². The number of hydrogen-bond acceptors (Lipinski definition) is 14. The fourth-order valence-electron chi connectivity index (χ4n) is 8.75. The molecular formula is C62H80NO12PS2. The molecule has 2 heterocycles. The Kier molecular flexibility index (Phi) is 25.8. The summed E-state index contributed by atoms with van der Waals surface area (Å²) < 4.78 is 46.5. The molecule has 0 spiro atoms. The van der Waals surface area contributed by atoms with Crippen molar-refractivity contribution in [2.45, 2.75) is 145 Å². The number of unbranched alkanes of at least 4 members (excludes halogenated alkanes) is 10. The minimum atomic E-state index is -4.79. The highest BCUT2D eigenvalue weighted by atomic mass is 32.2. The normalized spacial score (nSPS) is 15.3. The Hall–Kier alpha value is -4.99. The number of nitrogens with zero attached hydrogens (tertiary/aromatic N) is 1. The average Bonchev–Trinajstić information content (AvgIpc) is 3.96. The maximum absolute atomic E-state index is 13.6. The number of allylic oxidation sites excluding steroid dienone is 2. The van der Waals surface area contributed by atoms with Crippen LogP contribution < -0.4 is 14.4 Å². The molecule has 2 aliphatic rings. The quantitative estimate of drug-likeness (QED) is 0.0139. The van der Waals surface area contributed by atoms with Gasteiger partial charge in [-0.25, -0.2) is 0 Å². The first-order chi connectivity index (χ1) is 37.6. The fourth-order valence-corrected chi connectivity index (χ4v) is 11.5. The van der Waals surface area contributed by atoms with Gasteiger partial charge in [0, 0.05) is 33.8 Å². The number of quaternary nitrogens is 1. The fraction of sp³-hybridized carbons (Fsp3) is 0.484. The Bertz CT molecular complexity index is 2730. The van der Waals surface area contributed by atoms with E-state index in [9.17, 15) is 28.6 Å². The predicted molar refractivity (Wildman–Crippen MR) is 309 cm³/mol. The van der Waals surface area contributed by atoms with E-state index in [1.165, 1.54) is 74.9 Å². The molecule has 2 aliphatic heterocycles. The Morgan fingerprint density at radius 2 is 1.08 bits per heavy atom. The van der Waals surface area contributed by atoms with Gasteiger partial charge in [0.05, 0.1) is 50.8 Å². The lowest BCUT2D eigenvalue weighted by Crippen LogP contribution is -2.37. The van der Waals surface area contributed by atoms with Crippen molar-refractivity contribution >= 4 is 67.0 Å². The number of phosphoric acid groups is 1. The van der Waals surface area contributed by atoms with Gasteiger partial charge in [-0.1, -0.05) is 138 Å². The molecule has 2 unspecified atom stereocenters. The van der Waals surface area contributed by atoms with Crippen LogP contribution in [0.15, 0.2) is 105 Å². The van der Waals surface area contributed by atoms with E-state index < -0.39 is 39.1 Å². The van der Waals surface area contributed by atoms with Gasteiger partial charge in [-0.2, -0.15) is 0 Å². The summed E-state index contributed by atoms with van der Waals surface area (Å²) in [5.74, 6) is 0.242. The van der Waals surface area contributed by atoms with Gasteiger partial charge in [-0.05, 0) is 121 Å². The minimum absolute atomic E-state index is 0.0255. The zero-order valence-corrected chi connectivity index (χ0v) is 48.9. The SMILES string of the molecule is CCCCCCCCOc1cccc(/C=C2\Sc3ccc(CCCC(=O)OCC(COP(=O)([O-])OCC[N+](C)(C)C)OC(=O)CCCc4ccc5c(c4)C(=O)/C(=C/c4cccc(OCCCCCCCC)c4)S5)cc3C2=O)c1. The molecule has 4 aromatic rings. The smallest absolute Gasteiger partial charge is 0.306 e. The Labute approximate surface area is 471 Å². The van der Waals surface area contributed by atoms with Gasteiger partial charge in [0.25, 0.3) is 7.82 Å². The molecule has 0 aliphatic carbocycles. The van der Waals surface area contributed by atoms with Crippen LogP contribution in [0.1, 0.15) is 160 Å². The molecule has 0 bridgehead atoms. The van der Waals surface area contributed by atoms with Crippen LogP contribution in [0.25, 0.3) is 12.2 Å². The molecule has 422 valence electrons. The van der Waals surface area contributed by atoms with E-state index in [-0.39, 0.29) is 31.0 Å². The summed E-state index contributed by atoms with van der Waals surface area (Å²) in [4.78, 5) is 69.1. The molecule has 4 aromatic carbocycles. The first-order valence-corrected chi connectivity index (χ1v) is 31.0. The number of thioether (sulfide) groups is 2. The van der Waals surface area contributed by atoms with Gasteiger partial charge in [-0.15, -0.1) is 0 Å². The molecule has 16 heteroatoms. The lowest BCUT2D eigenvalue weighted by atomic mass is 10.0. The summed E-state index contributed by atoms with van der Waals surface area (Å²) in [6.45, 7) is 4.98. The van der Waals surface area contributed by atoms with Crippen molar-refractivity contribution in [2.24, 2.45) is 0 Å². The number of ether oxygens (including phenoxy) is 4. The van der Waals surface area contributed by atoms with Crippen LogP contribution in [-0.4, -0.2) is 94.8 Å². The minimum Gasteiger partial charge on any atom is -0.756 e. The van der Waals surface area contributed by atoms with Crippen molar-refractivity contribution in [2.75, 3.05) is 60.7 Å². The molecule has 13 nitrogen and oxygen atoms in total. The number of phosphoric ester groups is 1. The van der Waals surface area contributed by atoms with Crippen LogP contribution in [0.2, 0.25) is 0 Å². The summed E-state index contributed by atoms with van der Waals surface area (Å²) in [6, 6.07) is 27.1. The van der Waals surface area contributed by atoms with Gasteiger partial charge < -0.3 is 37.4 Å². The molecule has 0 fully saturated rings. The molecule has 0 N–H and O–H groups in total. The first-order valence-electron chi connectivity index (χ1n) is 27.9. The number of rotatable bonds is 36. The summed E-state index contributed by atoms with van der Waals surface area (Å²) in [5.41, 5.74) is 4.78. The number of likely N-dealkylation sites (N-methyl/N-ethyl adjacent to an activating group) is 1. The Morgan fingerprint density at radius 1 is 0.590 bits per heavy atom. The number of carbonyl (C=O) groups excluding carboxylic acids is 4. The van der Waals surface area contributed by atoms with Gasteiger partial charge in [-0.3, -0.25) is 23.7 Å². The molecule has 0 aromatic heterocycles. The molecule has 0 radical (unpaired) electrons. The van der Waals surface area contributed by atoms with Crippen molar-refractivity contribution in [3.8, 4) is 11.5 Å². The van der Waals surface area contributed by atoms with Crippen molar-refractivity contribution in [3.05, 3.63) is 128 Å². The molecule has 6 rings (SSSR count). The number of fused-ring (bicyclic) bond motifs is 2. The zero-order valence-electron chi connectivity index (χ0n) is 46.4. The van der Waals surface area contributed by atoms with E-state index in [1.54, 1.807) is 0 Å². The monoisotopic (exact) mass is 1130 g/mol. The lowest BCUT2D eigenvalue weighted by Gasteiger charge is -2.28. The van der Waals surface area contributed by atoms with Crippen molar-refractivity contribution < 1.29 is 61.1 Å². The second kappa shape index (κ2) is 32.3. The molecule has 78 heavy (non-hydrogen) atoms. The summed E-state index contributed by atoms with van der Waals surface area (Å²) in [5, 5.41) is 0. The maximum Gasteiger partial charge on any atom is 0.306 e. The third-order valence-electron chi connectivity index (χ3n) is 13.2. The van der Waals surface area contributed by atoms with Crippen LogP contribution in [0.3, 0.4) is 0 Å². The van der Waals surface area contributed by atoms with Gasteiger partial charge in [0.1, 0.15) is 31.3 Å². The number of Topliss-reactive ketones (excluding diaryl/α,β-unsaturated/α-hetero) is 2. The maximum atomic E-state index is 13.6. The van der Waals surface area contributed by atoms with Crippen LogP contribution in [0, 0.1) is 0 Å². The number of carbonyl (C=O) groups is 4. The van der Waals surface area contributed by atoms with E-state index in [1.807, 2.05) is 118 Å². The van der Waals surface area contributed by atoms with Gasteiger partial charge in [0.2, 0.25) is 11.6 Å². The number of aryl methyl sites for hydroxylation is 2. The number of benzene rings is 4. The Morgan fingerprint density at radius 3 is 1.58 bits per heavy atom. The van der Waals surface area contributed by atoms with Crippen LogP contribution in [0.5, 0.6) is 11.5 Å². The first kappa shape index (κ1) is 62.2. The van der Waals surface area contributed by atoms with Crippen LogP contribution in [-0.2, 0) is 45.5 Å². The third kappa shape index (κ3) is 21.9. The lowest BCUT2D eigenvalue weighted by molar-refractivity contribution is -0.870. The zero-order chi connectivity index (χ0) is 55.8. The highest BCUT2D eigenvalue weighted by Gasteiger charge is 2.28. The summed E-state index contributed by atoms with van der Waals surface area (Å²) in [7, 11) is 0.887. The second-order valence-corrected chi connectivity index (χ2v) is 24.6. The predicted octanol–water partition coefficient (Wildman–Crippen LogP) is 13.8. The van der Waals surface area contributed by atoms with E-state index in [4.69, 9.17) is 28.0 Å². The van der Waals surface area contributed by atoms with Crippen LogP contribution in [0.4, 0.5) is 0 Å². The summed E-state index contributed by atoms with van der Waals surface area (Å²) in [6.07, 6.45) is 18.6. The molecule has 0 saturated carbocycles. The standard InChI is InChI=1S/C62H80NO12PS2/c1-6-8-10-12-14-16-35-70-50-26-18-24-48(38-50)42-57-61(66)53-40-46(30-32-55(53)77-57)22-20-28-59(64)72-44-52(45-74-76(68,69)73-37-34-63(3,4)5)75-60(65)29-21-23-47-31-33-56-54(41-47)62(67)58(78-56)43-49-25-19-27-51(39-49)71-36-17-15-13-11-9-7-2/h18-19,24-27,30-33,38-43,52H,6-17,20-23,28-29,34-37,44-45H2,1-5H3/b57-42-,58-43-. The van der Waals surface area contributed by atoms with E-state index in [0.717, 1.165) is 69.2 Å². The van der Waals surface area contributed by atoms with Crippen molar-refractivity contribution in [1.29, 1.82) is 0 Å². The van der Waals surface area contributed by atoms with Gasteiger partial charge in [0.15, 0.2) is 6.10 Å². The molecule has 0 amide bonds. The van der Waals surface area contributed by atoms with Crippen molar-refractivity contribution in [3.63, 3.8) is 0 Å². The Balaban J connectivity index is 0.961. The molecule has 0 saturated heterocycles. The highest BCUT2D eigenvalue weighted by Crippen LogP contribution is 2.43. The van der Waals surface area contributed by atoms with E-state index in [2.05, 4.69) is 13.8 Å². The highest BCUT2D eigenvalue weighted by molar-refractivity contribution is 8.05. The third-order valence-corrected chi connectivity index (χ3v) is 16.3. The largest absolute Gasteiger partial charge is 0.756 e. The molecular weight excluding hydrogens is 1050 g/mol. The van der Waals surface area contributed by atoms with E-state index in [0.29, 0.717) is 70.9 Å².